The van der Waals surface area contributed by atoms with Crippen LogP contribution in [0.15, 0.2) is 59.1 Å². The van der Waals surface area contributed by atoms with Crippen molar-refractivity contribution >= 4 is 5.91 Å². The number of aryl methyl sites for hydroxylation is 2. The molecule has 1 heterocycles. The quantitative estimate of drug-likeness (QED) is 0.523. The predicted octanol–water partition coefficient (Wildman–Crippen LogP) is 4.85. The van der Waals surface area contributed by atoms with Crippen molar-refractivity contribution in [2.75, 3.05) is 6.54 Å². The summed E-state index contributed by atoms with van der Waals surface area (Å²) >= 11 is 0. The van der Waals surface area contributed by atoms with Gasteiger partial charge in [-0.2, -0.15) is 4.98 Å². The summed E-state index contributed by atoms with van der Waals surface area (Å²) in [6, 6.07) is 18.3. The minimum Gasteiger partial charge on any atom is -0.339 e. The SMILES string of the molecule is CCC(C)N(CCc1nc(-c2cccc(C)c2)no1)C(=O)CCc1ccccc1. The van der Waals surface area contributed by atoms with E-state index in [9.17, 15) is 4.79 Å². The molecule has 0 radical (unpaired) electrons. The highest BCUT2D eigenvalue weighted by atomic mass is 16.5. The van der Waals surface area contributed by atoms with Crippen molar-refractivity contribution in [2.45, 2.75) is 52.5 Å². The normalized spacial score (nSPS) is 12.0. The lowest BCUT2D eigenvalue weighted by Crippen LogP contribution is -2.40. The number of benzene rings is 2. The number of amides is 1. The largest absolute Gasteiger partial charge is 0.339 e. The van der Waals surface area contributed by atoms with Gasteiger partial charge in [-0.1, -0.05) is 66.2 Å². The zero-order chi connectivity index (χ0) is 20.6. The van der Waals surface area contributed by atoms with Gasteiger partial charge >= 0.3 is 0 Å². The summed E-state index contributed by atoms with van der Waals surface area (Å²) in [5, 5.41) is 4.10. The monoisotopic (exact) mass is 391 g/mol. The van der Waals surface area contributed by atoms with Crippen molar-refractivity contribution in [1.82, 2.24) is 15.0 Å². The molecule has 3 aromatic rings. The van der Waals surface area contributed by atoms with Gasteiger partial charge in [-0.25, -0.2) is 0 Å². The molecule has 0 bridgehead atoms. The van der Waals surface area contributed by atoms with Crippen LogP contribution in [0.2, 0.25) is 0 Å². The van der Waals surface area contributed by atoms with Crippen LogP contribution >= 0.6 is 0 Å². The number of hydrogen-bond donors (Lipinski definition) is 0. The molecule has 1 aromatic heterocycles. The van der Waals surface area contributed by atoms with E-state index in [1.54, 1.807) is 0 Å². The predicted molar refractivity (Wildman–Crippen MR) is 114 cm³/mol. The summed E-state index contributed by atoms with van der Waals surface area (Å²) in [5.74, 6) is 1.32. The van der Waals surface area contributed by atoms with Gasteiger partial charge < -0.3 is 9.42 Å². The molecule has 0 aliphatic heterocycles. The molecule has 0 N–H and O–H groups in total. The van der Waals surface area contributed by atoms with Gasteiger partial charge in [0.25, 0.3) is 0 Å². The van der Waals surface area contributed by atoms with E-state index < -0.39 is 0 Å². The van der Waals surface area contributed by atoms with Crippen LogP contribution in [0.4, 0.5) is 0 Å². The molecule has 0 saturated carbocycles. The lowest BCUT2D eigenvalue weighted by atomic mass is 10.1. The highest BCUT2D eigenvalue weighted by Crippen LogP contribution is 2.18. The zero-order valence-corrected chi connectivity index (χ0v) is 17.5. The molecule has 2 aromatic carbocycles. The smallest absolute Gasteiger partial charge is 0.228 e. The highest BCUT2D eigenvalue weighted by molar-refractivity contribution is 5.76. The van der Waals surface area contributed by atoms with Crippen molar-refractivity contribution < 1.29 is 9.32 Å². The summed E-state index contributed by atoms with van der Waals surface area (Å²) in [7, 11) is 0. The van der Waals surface area contributed by atoms with Gasteiger partial charge in [0.1, 0.15) is 0 Å². The van der Waals surface area contributed by atoms with Crippen molar-refractivity contribution in [3.8, 4) is 11.4 Å². The number of nitrogens with zero attached hydrogens (tertiary/aromatic N) is 3. The maximum atomic E-state index is 12.9. The first kappa shape index (κ1) is 20.8. The fourth-order valence-electron chi connectivity index (χ4n) is 3.32. The second-order valence-corrected chi connectivity index (χ2v) is 7.46. The first-order valence-corrected chi connectivity index (χ1v) is 10.3. The molecule has 0 spiro atoms. The average molecular weight is 392 g/mol. The molecule has 0 aliphatic carbocycles. The van der Waals surface area contributed by atoms with Gasteiger partial charge in [0.05, 0.1) is 0 Å². The van der Waals surface area contributed by atoms with Crippen molar-refractivity contribution in [3.63, 3.8) is 0 Å². The van der Waals surface area contributed by atoms with Crippen molar-refractivity contribution in [3.05, 3.63) is 71.6 Å². The molecule has 1 amide bonds. The summed E-state index contributed by atoms with van der Waals surface area (Å²) < 4.78 is 5.43. The van der Waals surface area contributed by atoms with Gasteiger partial charge in [-0.15, -0.1) is 0 Å². The Kier molecular flexibility index (Phi) is 7.17. The minimum atomic E-state index is 0.168. The second-order valence-electron chi connectivity index (χ2n) is 7.46. The zero-order valence-electron chi connectivity index (χ0n) is 17.5. The fourth-order valence-corrected chi connectivity index (χ4v) is 3.32. The maximum absolute atomic E-state index is 12.9. The Morgan fingerprint density at radius 2 is 1.90 bits per heavy atom. The number of aromatic nitrogens is 2. The Balaban J connectivity index is 1.61. The fraction of sp³-hybridized carbons (Fsp3) is 0.375. The third-order valence-corrected chi connectivity index (χ3v) is 5.22. The van der Waals surface area contributed by atoms with E-state index in [4.69, 9.17) is 4.52 Å². The molecule has 0 fully saturated rings. The van der Waals surface area contributed by atoms with Crippen LogP contribution in [-0.4, -0.2) is 33.5 Å². The first-order chi connectivity index (χ1) is 14.1. The van der Waals surface area contributed by atoms with E-state index in [-0.39, 0.29) is 11.9 Å². The summed E-state index contributed by atoms with van der Waals surface area (Å²) in [5.41, 5.74) is 3.28. The molecule has 29 heavy (non-hydrogen) atoms. The highest BCUT2D eigenvalue weighted by Gasteiger charge is 2.20. The van der Waals surface area contributed by atoms with E-state index in [0.29, 0.717) is 31.1 Å². The topological polar surface area (TPSA) is 59.2 Å². The third-order valence-electron chi connectivity index (χ3n) is 5.22. The van der Waals surface area contributed by atoms with Crippen LogP contribution in [0.25, 0.3) is 11.4 Å². The average Bonchev–Trinajstić information content (AvgIpc) is 3.22. The molecule has 3 rings (SSSR count). The molecule has 1 atom stereocenters. The number of carbonyl (C=O) groups is 1. The minimum absolute atomic E-state index is 0.168. The molecule has 5 heteroatoms. The van der Waals surface area contributed by atoms with Crippen molar-refractivity contribution in [1.29, 1.82) is 0 Å². The van der Waals surface area contributed by atoms with E-state index in [2.05, 4.69) is 36.1 Å². The molecule has 0 aliphatic rings. The van der Waals surface area contributed by atoms with Crippen LogP contribution in [0.5, 0.6) is 0 Å². The van der Waals surface area contributed by atoms with Crippen LogP contribution in [0.1, 0.15) is 43.7 Å². The molecular weight excluding hydrogens is 362 g/mol. The van der Waals surface area contributed by atoms with E-state index in [0.717, 1.165) is 24.0 Å². The van der Waals surface area contributed by atoms with Gasteiger partial charge in [0.15, 0.2) is 0 Å². The Morgan fingerprint density at radius 1 is 1.10 bits per heavy atom. The lowest BCUT2D eigenvalue weighted by Gasteiger charge is -2.28. The Labute approximate surface area is 172 Å². The van der Waals surface area contributed by atoms with Crippen LogP contribution in [-0.2, 0) is 17.6 Å². The van der Waals surface area contributed by atoms with Gasteiger partial charge in [0, 0.05) is 31.0 Å². The number of rotatable bonds is 9. The van der Waals surface area contributed by atoms with E-state index in [1.807, 2.05) is 54.3 Å². The summed E-state index contributed by atoms with van der Waals surface area (Å²) in [4.78, 5) is 19.3. The first-order valence-electron chi connectivity index (χ1n) is 10.3. The van der Waals surface area contributed by atoms with Gasteiger partial charge in [-0.3, -0.25) is 4.79 Å². The summed E-state index contributed by atoms with van der Waals surface area (Å²) in [6.45, 7) is 6.81. The Bertz CT molecular complexity index is 921. The Morgan fingerprint density at radius 3 is 2.62 bits per heavy atom. The van der Waals surface area contributed by atoms with E-state index >= 15 is 0 Å². The molecular formula is C24H29N3O2. The Hall–Kier alpha value is -2.95. The third kappa shape index (κ3) is 5.76. The van der Waals surface area contributed by atoms with Crippen LogP contribution in [0, 0.1) is 6.92 Å². The number of hydrogen-bond acceptors (Lipinski definition) is 4. The summed E-state index contributed by atoms with van der Waals surface area (Å²) in [6.07, 6.45) is 2.73. The lowest BCUT2D eigenvalue weighted by molar-refractivity contribution is -0.133. The van der Waals surface area contributed by atoms with Crippen LogP contribution in [0.3, 0.4) is 0 Å². The molecule has 1 unspecified atom stereocenters. The van der Waals surface area contributed by atoms with Crippen LogP contribution < -0.4 is 0 Å². The molecule has 0 saturated heterocycles. The van der Waals surface area contributed by atoms with Crippen molar-refractivity contribution in [2.24, 2.45) is 0 Å². The second kappa shape index (κ2) is 10.0. The number of carbonyl (C=O) groups excluding carboxylic acids is 1. The van der Waals surface area contributed by atoms with Gasteiger partial charge in [0.2, 0.25) is 17.6 Å². The molecule has 152 valence electrons. The van der Waals surface area contributed by atoms with Gasteiger partial charge in [-0.05, 0) is 38.3 Å². The standard InChI is InChI=1S/C24H29N3O2/c1-4-19(3)27(23(28)14-13-20-10-6-5-7-11-20)16-15-22-25-24(26-29-22)21-12-8-9-18(2)17-21/h5-12,17,19H,4,13-16H2,1-3H3. The maximum Gasteiger partial charge on any atom is 0.228 e. The van der Waals surface area contributed by atoms with E-state index in [1.165, 1.54) is 5.56 Å². The molecule has 5 nitrogen and oxygen atoms in total.